The van der Waals surface area contributed by atoms with Gasteiger partial charge >= 0.3 is 0 Å². The number of aromatic nitrogens is 4. The topological polar surface area (TPSA) is 423 Å². The third-order valence-corrected chi connectivity index (χ3v) is 17.6. The van der Waals surface area contributed by atoms with Crippen LogP contribution in [0.25, 0.3) is 0 Å². The van der Waals surface area contributed by atoms with Gasteiger partial charge in [-0.2, -0.15) is 16.8 Å². The molecule has 6 amide bonds. The van der Waals surface area contributed by atoms with E-state index in [1.165, 1.54) is 45.0 Å². The van der Waals surface area contributed by atoms with E-state index in [1.807, 2.05) is 18.9 Å². The number of primary sulfonamides is 1. The smallest absolute Gasteiger partial charge is 0.293 e. The van der Waals surface area contributed by atoms with Gasteiger partial charge in [-0.05, 0) is 54.6 Å². The largest absolute Gasteiger partial charge is 0.301 e. The molecule has 2 heterocycles. The molecule has 0 atom stereocenters. The molecule has 0 unspecified atom stereocenters. The molecule has 0 radical (unpaired) electrons. The maximum Gasteiger partial charge on any atom is 0.293 e. The van der Waals surface area contributed by atoms with E-state index in [9.17, 15) is 70.9 Å². The number of benzene rings is 3. The molecule has 0 aliphatic carbocycles. The first-order valence-electron chi connectivity index (χ1n) is 21.4. The van der Waals surface area contributed by atoms with Gasteiger partial charge in [0.2, 0.25) is 49.8 Å². The highest BCUT2D eigenvalue weighted by atomic mass is 35.5. The lowest BCUT2D eigenvalue weighted by molar-refractivity contribution is -0.123. The fourth-order valence-corrected chi connectivity index (χ4v) is 11.9. The number of carbonyl (C=O) groups excluding carboxylic acids is 6. The SMILES string of the molecule is CC(=O)Nc1nnc(S(=O)(=O)NC(=O)C(C)C)s1.CC(C)C(=O)NS(=O)(=O)c1cc(Cl)cc(S(N)(=O)=O)c1.CC(C)C(=O)NS(=O)(=O)c1ccccc1.CC(C)C(=O)NS(=O)(=O)c1nnc(NC(=O)c2ccc(Cl)cc2)s1. The Hall–Kier alpha value is -6.11. The van der Waals surface area contributed by atoms with Gasteiger partial charge in [-0.15, -0.1) is 20.4 Å². The molecule has 8 N–H and O–H groups in total. The number of nitrogens with zero attached hydrogens (tertiary/aromatic N) is 4. The zero-order valence-electron chi connectivity index (χ0n) is 41.7. The van der Waals surface area contributed by atoms with E-state index in [0.29, 0.717) is 33.3 Å². The number of sulfonamides is 5. The van der Waals surface area contributed by atoms with E-state index in [4.69, 9.17) is 28.3 Å². The van der Waals surface area contributed by atoms with Crippen LogP contribution in [0.15, 0.2) is 96.2 Å². The summed E-state index contributed by atoms with van der Waals surface area (Å²) in [6.45, 7) is 13.8. The second-order valence-corrected chi connectivity index (χ2v) is 27.8. The lowest BCUT2D eigenvalue weighted by Crippen LogP contribution is -2.33. The van der Waals surface area contributed by atoms with Gasteiger partial charge in [-0.1, -0.05) is 119 Å². The molecule has 0 spiro atoms. The number of rotatable bonds is 16. The molecular weight excluding hydrogens is 1200 g/mol. The Labute approximate surface area is 462 Å². The molecule has 0 saturated heterocycles. The third-order valence-electron chi connectivity index (χ3n) is 8.46. The highest BCUT2D eigenvalue weighted by Gasteiger charge is 2.27. The van der Waals surface area contributed by atoms with Crippen molar-refractivity contribution in [2.45, 2.75) is 85.7 Å². The number of nitrogens with one attached hydrogen (secondary N) is 6. The van der Waals surface area contributed by atoms with Crippen LogP contribution < -0.4 is 34.7 Å². The molecule has 0 aliphatic heterocycles. The number of hydrogen-bond donors (Lipinski definition) is 7. The first kappa shape index (κ1) is 67.0. The fraction of sp³-hybridized carbons (Fsp3) is 0.317. The highest BCUT2D eigenvalue weighted by molar-refractivity contribution is 7.92. The summed E-state index contributed by atoms with van der Waals surface area (Å²) < 4.78 is 124. The Balaban J connectivity index is 0.000000356. The normalized spacial score (nSPS) is 11.6. The van der Waals surface area contributed by atoms with Crippen molar-refractivity contribution in [1.29, 1.82) is 0 Å². The molecule has 2 aromatic heterocycles. The molecule has 0 saturated carbocycles. The van der Waals surface area contributed by atoms with Crippen molar-refractivity contribution in [3.63, 3.8) is 0 Å². The van der Waals surface area contributed by atoms with Gasteiger partial charge in [0.15, 0.2) is 0 Å². The van der Waals surface area contributed by atoms with Gasteiger partial charge in [0, 0.05) is 46.2 Å². The van der Waals surface area contributed by atoms with Crippen molar-refractivity contribution in [3.05, 3.63) is 88.4 Å². The van der Waals surface area contributed by atoms with Gasteiger partial charge in [0.25, 0.3) is 54.7 Å². The Morgan fingerprint density at radius 2 is 0.831 bits per heavy atom. The molecule has 77 heavy (non-hydrogen) atoms. The third kappa shape index (κ3) is 22.4. The van der Waals surface area contributed by atoms with Crippen molar-refractivity contribution >= 4 is 142 Å². The zero-order chi connectivity index (χ0) is 59.0. The van der Waals surface area contributed by atoms with Crippen LogP contribution in [-0.4, -0.2) is 97.9 Å². The Kier molecular flexibility index (Phi) is 24.8. The minimum atomic E-state index is -4.21. The average Bonchev–Trinajstić information content (AvgIpc) is 4.00. The standard InChI is InChI=1S/C13H13ClN4O4S2.C10H13ClN2O5S2.C10H13NO3S.C8H12N4O4S2/c1-7(2)10(19)18-24(21,22)13-17-16-12(23-13)15-11(20)8-3-5-9(14)6-4-8;1-6(2)10(14)13-20(17,18)9-4-7(11)3-8(5-9)19(12,15)16;1-8(2)10(12)11-15(13,14)9-6-4-3-5-7-9;1-4(2)6(14)12-18(15,16)8-11-10-7(17-8)9-5(3)13/h3-7H,1-2H3,(H,18,19)(H,15,16,20);3-6H,1-2H3,(H,13,14)(H2,12,15,16);3-8H,1-2H3,(H,11,12);4H,1-3H3,(H,12,14)(H,9,10,13). The number of carbonyl (C=O) groups is 6. The second kappa shape index (κ2) is 28.5. The Morgan fingerprint density at radius 1 is 0.468 bits per heavy atom. The summed E-state index contributed by atoms with van der Waals surface area (Å²) in [5.41, 5.74) is 0.326. The number of anilines is 2. The molecule has 5 rings (SSSR count). The van der Waals surface area contributed by atoms with E-state index < -0.39 is 112 Å². The number of amides is 6. The minimum Gasteiger partial charge on any atom is -0.301 e. The van der Waals surface area contributed by atoms with Gasteiger partial charge in [0.1, 0.15) is 0 Å². The maximum absolute atomic E-state index is 12.0. The number of nitrogens with two attached hydrogens (primary N) is 1. The predicted molar refractivity (Wildman–Crippen MR) is 283 cm³/mol. The molecule has 36 heteroatoms. The minimum absolute atomic E-state index is 0.00711. The summed E-state index contributed by atoms with van der Waals surface area (Å²) in [5.74, 6) is -5.27. The molecule has 422 valence electrons. The van der Waals surface area contributed by atoms with Crippen LogP contribution in [-0.2, 0) is 74.1 Å². The van der Waals surface area contributed by atoms with Crippen molar-refractivity contribution in [1.82, 2.24) is 39.3 Å². The van der Waals surface area contributed by atoms with Gasteiger partial charge in [0.05, 0.1) is 14.7 Å². The first-order valence-corrected chi connectivity index (χ1v) is 31.3. The van der Waals surface area contributed by atoms with Gasteiger partial charge in [-0.25, -0.2) is 49.3 Å². The molecule has 3 aromatic carbocycles. The lowest BCUT2D eigenvalue weighted by Gasteiger charge is -2.10. The average molecular weight is 1250 g/mol. The maximum atomic E-state index is 12.0. The van der Waals surface area contributed by atoms with Crippen molar-refractivity contribution in [2.75, 3.05) is 10.6 Å². The molecule has 27 nitrogen and oxygen atoms in total. The quantitative estimate of drug-likeness (QED) is 0.0695. The first-order chi connectivity index (χ1) is 35.3. The highest BCUT2D eigenvalue weighted by Crippen LogP contribution is 2.24. The second-order valence-electron chi connectivity index (χ2n) is 16.4. The van der Waals surface area contributed by atoms with Gasteiger partial charge in [-0.3, -0.25) is 34.1 Å². The van der Waals surface area contributed by atoms with Crippen LogP contribution in [0.5, 0.6) is 0 Å². The van der Waals surface area contributed by atoms with E-state index in [2.05, 4.69) is 31.0 Å². The van der Waals surface area contributed by atoms with Crippen LogP contribution in [0, 0.1) is 23.7 Å². The molecular formula is C41H51Cl2N11O16S7. The summed E-state index contributed by atoms with van der Waals surface area (Å²) in [4.78, 5) is 67.5. The lowest BCUT2D eigenvalue weighted by atomic mass is 10.2. The van der Waals surface area contributed by atoms with Crippen LogP contribution >= 0.6 is 45.9 Å². The fourth-order valence-electron chi connectivity index (χ4n) is 4.32. The number of halogens is 2. The summed E-state index contributed by atoms with van der Waals surface area (Å²) in [5, 5.41) is 24.0. The van der Waals surface area contributed by atoms with E-state index in [-0.39, 0.29) is 36.3 Å². The van der Waals surface area contributed by atoms with Crippen molar-refractivity contribution < 1.29 is 70.9 Å². The Morgan fingerprint density at radius 3 is 1.21 bits per heavy atom. The monoisotopic (exact) mass is 1250 g/mol. The molecule has 5 aromatic rings. The van der Waals surface area contributed by atoms with Crippen molar-refractivity contribution in [3.8, 4) is 0 Å². The molecule has 0 aliphatic rings. The van der Waals surface area contributed by atoms with E-state index in [0.717, 1.165) is 18.2 Å². The van der Waals surface area contributed by atoms with Crippen LogP contribution in [0.1, 0.15) is 72.7 Å². The molecule has 0 fully saturated rings. The Bertz CT molecular complexity index is 3520. The predicted octanol–water partition coefficient (Wildman–Crippen LogP) is 3.46. The van der Waals surface area contributed by atoms with Crippen LogP contribution in [0.2, 0.25) is 10.0 Å². The number of hydrogen-bond acceptors (Lipinski definition) is 22. The summed E-state index contributed by atoms with van der Waals surface area (Å²) in [6.07, 6.45) is 0. The summed E-state index contributed by atoms with van der Waals surface area (Å²) in [6, 6.07) is 16.8. The van der Waals surface area contributed by atoms with Gasteiger partial charge < -0.3 is 5.32 Å². The van der Waals surface area contributed by atoms with E-state index >= 15 is 0 Å². The summed E-state index contributed by atoms with van der Waals surface area (Å²) >= 11 is 12.7. The molecule has 0 bridgehead atoms. The van der Waals surface area contributed by atoms with E-state index in [1.54, 1.807) is 71.9 Å². The van der Waals surface area contributed by atoms with Crippen molar-refractivity contribution in [2.24, 2.45) is 28.8 Å². The zero-order valence-corrected chi connectivity index (χ0v) is 49.0. The van der Waals surface area contributed by atoms with Crippen LogP contribution in [0.4, 0.5) is 10.3 Å². The van der Waals surface area contributed by atoms with Crippen LogP contribution in [0.3, 0.4) is 0 Å². The summed E-state index contributed by atoms with van der Waals surface area (Å²) in [7, 11) is -20.2.